The van der Waals surface area contributed by atoms with Gasteiger partial charge in [0.1, 0.15) is 5.82 Å². The van der Waals surface area contributed by atoms with E-state index in [1.54, 1.807) is 17.5 Å². The minimum Gasteiger partial charge on any atom is -0.384 e. The Kier molecular flexibility index (Phi) is 4.85. The minimum absolute atomic E-state index is 0.312. The lowest BCUT2D eigenvalue weighted by atomic mass is 10.1. The number of rotatable bonds is 5. The second kappa shape index (κ2) is 7.02. The third-order valence-corrected chi connectivity index (χ3v) is 4.54. The van der Waals surface area contributed by atoms with E-state index in [0.29, 0.717) is 11.9 Å². The highest BCUT2D eigenvalue weighted by Gasteiger charge is 2.20. The van der Waals surface area contributed by atoms with Gasteiger partial charge in [0, 0.05) is 25.8 Å². The van der Waals surface area contributed by atoms with Crippen molar-refractivity contribution in [2.75, 3.05) is 25.4 Å². The Morgan fingerprint density at radius 3 is 3.14 bits per heavy atom. The number of nitrogens with two attached hydrogens (primary N) is 1. The van der Waals surface area contributed by atoms with Crippen LogP contribution < -0.4 is 5.73 Å². The van der Waals surface area contributed by atoms with E-state index in [9.17, 15) is 0 Å². The number of hydrogen-bond acceptors (Lipinski definition) is 5. The van der Waals surface area contributed by atoms with Gasteiger partial charge in [-0.2, -0.15) is 11.3 Å². The fourth-order valence-corrected chi connectivity index (χ4v) is 3.38. The van der Waals surface area contributed by atoms with Gasteiger partial charge in [0.15, 0.2) is 0 Å². The van der Waals surface area contributed by atoms with Crippen molar-refractivity contribution in [3.63, 3.8) is 0 Å². The normalized spacial score (nSPS) is 19.7. The van der Waals surface area contributed by atoms with Gasteiger partial charge in [0.2, 0.25) is 0 Å². The van der Waals surface area contributed by atoms with Crippen LogP contribution in [-0.4, -0.2) is 35.7 Å². The van der Waals surface area contributed by atoms with E-state index >= 15 is 0 Å². The first-order chi connectivity index (χ1) is 10.3. The molecule has 1 aliphatic heterocycles. The number of aromatic nitrogens is 1. The zero-order valence-corrected chi connectivity index (χ0v) is 12.9. The monoisotopic (exact) mass is 303 g/mol. The molecule has 0 aliphatic carbocycles. The first-order valence-corrected chi connectivity index (χ1v) is 8.29. The van der Waals surface area contributed by atoms with E-state index in [-0.39, 0.29) is 0 Å². The van der Waals surface area contributed by atoms with Crippen LogP contribution >= 0.6 is 11.3 Å². The van der Waals surface area contributed by atoms with Crippen LogP contribution in [0.1, 0.15) is 17.5 Å². The van der Waals surface area contributed by atoms with Crippen molar-refractivity contribution in [1.82, 2.24) is 9.88 Å². The number of pyridine rings is 1. The lowest BCUT2D eigenvalue weighted by molar-refractivity contribution is -0.0345. The summed E-state index contributed by atoms with van der Waals surface area (Å²) >= 11 is 1.76. The van der Waals surface area contributed by atoms with E-state index in [2.05, 4.69) is 26.7 Å². The lowest BCUT2D eigenvalue weighted by Gasteiger charge is -2.32. The molecule has 0 unspecified atom stereocenters. The zero-order valence-electron chi connectivity index (χ0n) is 12.1. The molecular weight excluding hydrogens is 282 g/mol. The molecule has 4 nitrogen and oxygen atoms in total. The van der Waals surface area contributed by atoms with Gasteiger partial charge in [-0.05, 0) is 52.9 Å². The molecule has 5 heteroatoms. The summed E-state index contributed by atoms with van der Waals surface area (Å²) in [6.45, 7) is 3.89. The van der Waals surface area contributed by atoms with Gasteiger partial charge in [0.25, 0.3) is 0 Å². The number of ether oxygens (including phenoxy) is 1. The molecule has 1 aliphatic rings. The minimum atomic E-state index is 0.312. The third kappa shape index (κ3) is 4.27. The van der Waals surface area contributed by atoms with E-state index in [1.165, 1.54) is 11.1 Å². The molecule has 21 heavy (non-hydrogen) atoms. The van der Waals surface area contributed by atoms with Crippen LogP contribution in [0.15, 0.2) is 35.2 Å². The van der Waals surface area contributed by atoms with Crippen LogP contribution in [0.25, 0.3) is 0 Å². The molecule has 1 atom stereocenters. The summed E-state index contributed by atoms with van der Waals surface area (Å²) in [7, 11) is 0. The standard InChI is InChI=1S/C16H21N3OS/c17-16-9-13(3-5-18-16)1-2-15-11-19(6-7-20-15)10-14-4-8-21-12-14/h3-5,8-9,12,15H,1-2,6-7,10-11H2,(H2,17,18)/t15-/m0/s1. The van der Waals surface area contributed by atoms with Gasteiger partial charge in [-0.25, -0.2) is 4.98 Å². The van der Waals surface area contributed by atoms with Crippen LogP contribution in [0.5, 0.6) is 0 Å². The molecule has 0 aromatic carbocycles. The molecule has 3 heterocycles. The van der Waals surface area contributed by atoms with E-state index in [1.807, 2.05) is 12.1 Å². The number of anilines is 1. The molecule has 1 saturated heterocycles. The highest BCUT2D eigenvalue weighted by Crippen LogP contribution is 2.16. The largest absolute Gasteiger partial charge is 0.384 e. The number of aryl methyl sites for hydroxylation is 1. The fraction of sp³-hybridized carbons (Fsp3) is 0.438. The molecule has 112 valence electrons. The molecule has 0 saturated carbocycles. The second-order valence-electron chi connectivity index (χ2n) is 5.49. The van der Waals surface area contributed by atoms with Crippen molar-refractivity contribution < 1.29 is 4.74 Å². The second-order valence-corrected chi connectivity index (χ2v) is 6.27. The van der Waals surface area contributed by atoms with E-state index in [4.69, 9.17) is 10.5 Å². The summed E-state index contributed by atoms with van der Waals surface area (Å²) in [5.74, 6) is 0.594. The molecular formula is C16H21N3OS. The molecule has 0 spiro atoms. The van der Waals surface area contributed by atoms with Crippen LogP contribution in [0.2, 0.25) is 0 Å². The zero-order chi connectivity index (χ0) is 14.5. The molecule has 2 aromatic rings. The van der Waals surface area contributed by atoms with Crippen LogP contribution in [0.4, 0.5) is 5.82 Å². The summed E-state index contributed by atoms with van der Waals surface area (Å²) < 4.78 is 5.89. The fourth-order valence-electron chi connectivity index (χ4n) is 2.72. The molecule has 2 N–H and O–H groups in total. The Balaban J connectivity index is 1.49. The average Bonchev–Trinajstić information content (AvgIpc) is 2.99. The lowest BCUT2D eigenvalue weighted by Crippen LogP contribution is -2.42. The van der Waals surface area contributed by atoms with Crippen LogP contribution in [0.3, 0.4) is 0 Å². The van der Waals surface area contributed by atoms with Crippen LogP contribution in [0, 0.1) is 0 Å². The smallest absolute Gasteiger partial charge is 0.123 e. The van der Waals surface area contributed by atoms with Crippen molar-refractivity contribution in [3.8, 4) is 0 Å². The maximum Gasteiger partial charge on any atom is 0.123 e. The number of nitrogen functional groups attached to an aromatic ring is 1. The summed E-state index contributed by atoms with van der Waals surface area (Å²) in [5.41, 5.74) is 8.36. The number of morpholine rings is 1. The highest BCUT2D eigenvalue weighted by molar-refractivity contribution is 7.07. The summed E-state index contributed by atoms with van der Waals surface area (Å²) in [6.07, 6.45) is 4.11. The SMILES string of the molecule is Nc1cc(CC[C@H]2CN(Cc3ccsc3)CCO2)ccn1. The molecule has 0 amide bonds. The quantitative estimate of drug-likeness (QED) is 0.922. The first-order valence-electron chi connectivity index (χ1n) is 7.35. The van der Waals surface area contributed by atoms with Gasteiger partial charge in [-0.1, -0.05) is 0 Å². The van der Waals surface area contributed by atoms with E-state index < -0.39 is 0 Å². The molecule has 0 bridgehead atoms. The third-order valence-electron chi connectivity index (χ3n) is 3.81. The van der Waals surface area contributed by atoms with Gasteiger partial charge in [-0.15, -0.1) is 0 Å². The summed E-state index contributed by atoms with van der Waals surface area (Å²) in [6, 6.07) is 6.18. The maximum absolute atomic E-state index is 5.89. The van der Waals surface area contributed by atoms with Crippen molar-refractivity contribution in [2.45, 2.75) is 25.5 Å². The topological polar surface area (TPSA) is 51.4 Å². The van der Waals surface area contributed by atoms with Crippen molar-refractivity contribution in [1.29, 1.82) is 0 Å². The van der Waals surface area contributed by atoms with Crippen molar-refractivity contribution in [3.05, 3.63) is 46.3 Å². The molecule has 3 rings (SSSR count). The Bertz CT molecular complexity index is 558. The van der Waals surface area contributed by atoms with Gasteiger partial charge in [-0.3, -0.25) is 4.90 Å². The maximum atomic E-state index is 5.89. The Morgan fingerprint density at radius 2 is 2.33 bits per heavy atom. The number of thiophene rings is 1. The number of hydrogen-bond donors (Lipinski definition) is 1. The Morgan fingerprint density at radius 1 is 1.38 bits per heavy atom. The molecule has 2 aromatic heterocycles. The highest BCUT2D eigenvalue weighted by atomic mass is 32.1. The van der Waals surface area contributed by atoms with Gasteiger partial charge >= 0.3 is 0 Å². The van der Waals surface area contributed by atoms with E-state index in [0.717, 1.165) is 39.1 Å². The predicted octanol–water partition coefficient (Wildman–Crippen LogP) is 2.56. The predicted molar refractivity (Wildman–Crippen MR) is 86.3 cm³/mol. The van der Waals surface area contributed by atoms with Gasteiger partial charge in [0.05, 0.1) is 12.7 Å². The van der Waals surface area contributed by atoms with Gasteiger partial charge < -0.3 is 10.5 Å². The number of nitrogens with zero attached hydrogens (tertiary/aromatic N) is 2. The van der Waals surface area contributed by atoms with Crippen molar-refractivity contribution in [2.24, 2.45) is 0 Å². The van der Waals surface area contributed by atoms with Crippen LogP contribution in [-0.2, 0) is 17.7 Å². The average molecular weight is 303 g/mol. The first kappa shape index (κ1) is 14.5. The Hall–Kier alpha value is -1.43. The summed E-state index contributed by atoms with van der Waals surface area (Å²) in [5, 5.41) is 4.37. The van der Waals surface area contributed by atoms with Crippen molar-refractivity contribution >= 4 is 17.2 Å². The summed E-state index contributed by atoms with van der Waals surface area (Å²) in [4.78, 5) is 6.51. The molecule has 0 radical (unpaired) electrons. The molecule has 1 fully saturated rings. The Labute approximate surface area is 129 Å².